The van der Waals surface area contributed by atoms with E-state index in [0.29, 0.717) is 8.58 Å². The van der Waals surface area contributed by atoms with Crippen molar-refractivity contribution in [2.75, 3.05) is 19.6 Å². The van der Waals surface area contributed by atoms with Gasteiger partial charge in [0.25, 0.3) is 5.91 Å². The highest BCUT2D eigenvalue weighted by Crippen LogP contribution is 2.45. The molecule has 2 aromatic rings. The number of carbonyl (C=O) groups excluding carboxylic acids is 1. The molecule has 2 atom stereocenters. The number of carbonyl (C=O) groups is 1. The summed E-state index contributed by atoms with van der Waals surface area (Å²) >= 11 is 0. The van der Waals surface area contributed by atoms with Gasteiger partial charge in [-0.1, -0.05) is 33.7 Å². The molecule has 0 aliphatic carbocycles. The molecule has 30 heavy (non-hydrogen) atoms. The summed E-state index contributed by atoms with van der Waals surface area (Å²) in [6.45, 7) is 9.31. The number of aromatic nitrogens is 3. The van der Waals surface area contributed by atoms with Crippen LogP contribution in [0.5, 0.6) is 0 Å². The Morgan fingerprint density at radius 1 is 1.30 bits per heavy atom. The number of allylic oxidation sites excluding steroid dienone is 2. The van der Waals surface area contributed by atoms with Crippen molar-refractivity contribution in [1.29, 1.82) is 0 Å². The zero-order chi connectivity index (χ0) is 20.8. The largest absolute Gasteiger partial charge is 0.304 e. The maximum Gasteiger partial charge on any atom is 0.252 e. The van der Waals surface area contributed by atoms with Gasteiger partial charge in [-0.2, -0.15) is 5.10 Å². The van der Waals surface area contributed by atoms with E-state index in [1.54, 1.807) is 6.08 Å². The number of rotatable bonds is 3. The topological polar surface area (TPSA) is 53.7 Å². The van der Waals surface area contributed by atoms with Crippen LogP contribution in [0.4, 0.5) is 0 Å². The van der Waals surface area contributed by atoms with Gasteiger partial charge in [0.15, 0.2) is 0 Å². The van der Waals surface area contributed by atoms with E-state index in [0.717, 1.165) is 54.0 Å². The summed E-state index contributed by atoms with van der Waals surface area (Å²) < 4.78 is 1.87. The van der Waals surface area contributed by atoms with Crippen LogP contribution in [0, 0.1) is 13.8 Å². The van der Waals surface area contributed by atoms with Gasteiger partial charge in [-0.3, -0.25) is 14.7 Å². The van der Waals surface area contributed by atoms with Gasteiger partial charge in [0.2, 0.25) is 0 Å². The Morgan fingerprint density at radius 3 is 2.93 bits per heavy atom. The maximum atomic E-state index is 13.0. The molecule has 2 unspecified atom stereocenters. The number of hydrogen-bond donors (Lipinski definition) is 0. The van der Waals surface area contributed by atoms with Crippen LogP contribution < -0.4 is 0 Å². The summed E-state index contributed by atoms with van der Waals surface area (Å²) in [5.41, 5.74) is 6.26. The predicted octanol–water partition coefficient (Wildman–Crippen LogP) is 3.64. The lowest BCUT2D eigenvalue weighted by atomic mass is 9.98. The minimum Gasteiger partial charge on any atom is -0.304 e. The van der Waals surface area contributed by atoms with Gasteiger partial charge in [0.05, 0.1) is 34.6 Å². The van der Waals surface area contributed by atoms with E-state index in [-0.39, 0.29) is 11.7 Å². The van der Waals surface area contributed by atoms with Crippen molar-refractivity contribution in [1.82, 2.24) is 24.4 Å². The Labute approximate surface area is 178 Å². The molecule has 1 amide bonds. The van der Waals surface area contributed by atoms with Crippen LogP contribution >= 0.6 is 8.58 Å². The van der Waals surface area contributed by atoms with Crippen molar-refractivity contribution in [3.05, 3.63) is 71.0 Å². The first-order valence-corrected chi connectivity index (χ1v) is 11.6. The van der Waals surface area contributed by atoms with Gasteiger partial charge in [0, 0.05) is 30.7 Å². The van der Waals surface area contributed by atoms with Crippen LogP contribution in [0.2, 0.25) is 0 Å². The molecule has 0 aromatic carbocycles. The lowest BCUT2D eigenvalue weighted by Gasteiger charge is -2.34. The van der Waals surface area contributed by atoms with E-state index in [9.17, 15) is 4.79 Å². The van der Waals surface area contributed by atoms with Gasteiger partial charge < -0.3 is 4.90 Å². The van der Waals surface area contributed by atoms with Crippen molar-refractivity contribution >= 4 is 25.3 Å². The molecular formula is C23H26N5OP. The van der Waals surface area contributed by atoms with Crippen LogP contribution in [-0.2, 0) is 4.79 Å². The molecule has 5 rings (SSSR count). The molecule has 0 bridgehead atoms. The predicted molar refractivity (Wildman–Crippen MR) is 121 cm³/mol. The number of nitrogens with zero attached hydrogens (tertiary/aromatic N) is 5. The highest BCUT2D eigenvalue weighted by atomic mass is 31.1. The molecule has 5 heterocycles. The Hall–Kier alpha value is -2.56. The van der Waals surface area contributed by atoms with Crippen LogP contribution in [0.25, 0.3) is 10.8 Å². The summed E-state index contributed by atoms with van der Waals surface area (Å²) in [4.78, 5) is 21.8. The fourth-order valence-corrected chi connectivity index (χ4v) is 5.63. The van der Waals surface area contributed by atoms with Crippen LogP contribution in [0.3, 0.4) is 0 Å². The number of hydrogen-bond acceptors (Lipinski definition) is 4. The first-order valence-electron chi connectivity index (χ1n) is 10.5. The van der Waals surface area contributed by atoms with Crippen LogP contribution in [0.1, 0.15) is 30.4 Å². The third kappa shape index (κ3) is 3.44. The zero-order valence-corrected chi connectivity index (χ0v) is 18.6. The summed E-state index contributed by atoms with van der Waals surface area (Å²) in [5, 5.41) is 5.74. The van der Waals surface area contributed by atoms with Crippen molar-refractivity contribution in [3.63, 3.8) is 0 Å². The Balaban J connectivity index is 1.42. The van der Waals surface area contributed by atoms with Gasteiger partial charge >= 0.3 is 0 Å². The van der Waals surface area contributed by atoms with Crippen LogP contribution in [0.15, 0.2) is 53.9 Å². The molecule has 0 radical (unpaired) electrons. The molecular weight excluding hydrogens is 393 g/mol. The first-order chi connectivity index (χ1) is 14.5. The summed E-state index contributed by atoms with van der Waals surface area (Å²) in [6.07, 6.45) is 13.4. The van der Waals surface area contributed by atoms with E-state index in [2.05, 4.69) is 35.0 Å². The second-order valence-corrected chi connectivity index (χ2v) is 9.45. The highest BCUT2D eigenvalue weighted by Gasteiger charge is 2.30. The number of likely N-dealkylation sites (N-methyl/N-ethyl adjacent to an activating group) is 1. The minimum atomic E-state index is 0.0327. The third-order valence-electron chi connectivity index (χ3n) is 6.01. The molecule has 7 heteroatoms. The summed E-state index contributed by atoms with van der Waals surface area (Å²) in [5.74, 6) is 0.105. The minimum absolute atomic E-state index is 0.0327. The highest BCUT2D eigenvalue weighted by molar-refractivity contribution is 7.51. The molecule has 6 nitrogen and oxygen atoms in total. The van der Waals surface area contributed by atoms with Crippen LogP contribution in [-0.4, -0.2) is 55.7 Å². The number of fused-ring (bicyclic) bond motifs is 2. The average molecular weight is 419 g/mol. The molecule has 3 aliphatic heterocycles. The lowest BCUT2D eigenvalue weighted by Crippen LogP contribution is -2.36. The molecule has 0 saturated heterocycles. The van der Waals surface area contributed by atoms with E-state index < -0.39 is 0 Å². The summed E-state index contributed by atoms with van der Waals surface area (Å²) in [6, 6.07) is 2.05. The standard InChI is InChI=1S/C23H26N5OP/c1-4-26-9-7-17(8-10-26)18-5-6-23-27(14-18)22(29)12-21(30-23)19-11-20-16(3)24-15(2)13-28(20)25-19/h5-7,11-14,23,30H,4,8-10H2,1-3H3. The Bertz CT molecular complexity index is 1160. The van der Waals surface area contributed by atoms with Crippen molar-refractivity contribution in [3.8, 4) is 0 Å². The SMILES string of the molecule is CCN1CC=C(C2=CN3C(=O)C=C(c4cc5c(C)nc(C)cn5n4)PC3C=C2)CC1. The third-order valence-corrected chi connectivity index (χ3v) is 7.49. The second kappa shape index (κ2) is 7.60. The van der Waals surface area contributed by atoms with Gasteiger partial charge in [0.1, 0.15) is 0 Å². The smallest absolute Gasteiger partial charge is 0.252 e. The fourth-order valence-electron chi connectivity index (χ4n) is 4.30. The van der Waals surface area contributed by atoms with E-state index in [1.807, 2.05) is 41.7 Å². The van der Waals surface area contributed by atoms with E-state index >= 15 is 0 Å². The summed E-state index contributed by atoms with van der Waals surface area (Å²) in [7, 11) is 0.470. The van der Waals surface area contributed by atoms with E-state index in [1.165, 1.54) is 11.1 Å². The normalized spacial score (nSPS) is 22.9. The molecule has 0 spiro atoms. The lowest BCUT2D eigenvalue weighted by molar-refractivity contribution is -0.123. The number of aryl methyl sites for hydroxylation is 2. The molecule has 0 fully saturated rings. The first kappa shape index (κ1) is 19.4. The molecule has 0 N–H and O–H groups in total. The molecule has 154 valence electrons. The van der Waals surface area contributed by atoms with Crippen molar-refractivity contribution in [2.45, 2.75) is 33.0 Å². The van der Waals surface area contributed by atoms with Crippen molar-refractivity contribution in [2.24, 2.45) is 0 Å². The quantitative estimate of drug-likeness (QED) is 0.713. The Kier molecular flexibility index (Phi) is 4.92. The van der Waals surface area contributed by atoms with Gasteiger partial charge in [-0.15, -0.1) is 0 Å². The molecule has 3 aliphatic rings. The molecule has 0 saturated carbocycles. The molecule has 2 aromatic heterocycles. The second-order valence-electron chi connectivity index (χ2n) is 8.04. The van der Waals surface area contributed by atoms with Gasteiger partial charge in [-0.25, -0.2) is 4.52 Å². The Morgan fingerprint density at radius 2 is 2.17 bits per heavy atom. The van der Waals surface area contributed by atoms with E-state index in [4.69, 9.17) is 5.10 Å². The fraction of sp³-hybridized carbons (Fsp3) is 0.348. The van der Waals surface area contributed by atoms with Crippen molar-refractivity contribution < 1.29 is 4.79 Å². The zero-order valence-electron chi connectivity index (χ0n) is 17.6. The monoisotopic (exact) mass is 419 g/mol. The maximum absolute atomic E-state index is 13.0. The number of amides is 1. The van der Waals surface area contributed by atoms with Gasteiger partial charge in [-0.05, 0) is 44.0 Å². The average Bonchev–Trinajstić information content (AvgIpc) is 3.18.